The second-order valence-corrected chi connectivity index (χ2v) is 5.82. The molecule has 0 unspecified atom stereocenters. The summed E-state index contributed by atoms with van der Waals surface area (Å²) < 4.78 is 6.69. The van der Waals surface area contributed by atoms with Crippen molar-refractivity contribution in [3.63, 3.8) is 0 Å². The number of carbonyl (C=O) groups is 1. The van der Waals surface area contributed by atoms with Crippen LogP contribution in [0.3, 0.4) is 0 Å². The molecule has 0 saturated heterocycles. The second kappa shape index (κ2) is 6.75. The molecule has 4 rings (SSSR count). The summed E-state index contributed by atoms with van der Waals surface area (Å²) in [6.07, 6.45) is 1.54. The molecule has 2 aromatic heterocycles. The largest absolute Gasteiger partial charge is 0.461 e. The lowest BCUT2D eigenvalue weighted by molar-refractivity contribution is -0.145. The zero-order valence-electron chi connectivity index (χ0n) is 13.8. The molecule has 8 heteroatoms. The van der Waals surface area contributed by atoms with Crippen LogP contribution in [0.15, 0.2) is 53.6 Å². The van der Waals surface area contributed by atoms with E-state index in [-0.39, 0.29) is 31.1 Å². The minimum atomic E-state index is -0.384. The van der Waals surface area contributed by atoms with E-state index in [0.717, 1.165) is 11.1 Å². The second-order valence-electron chi connectivity index (χ2n) is 5.82. The molecule has 0 spiro atoms. The van der Waals surface area contributed by atoms with Gasteiger partial charge in [-0.25, -0.2) is 4.98 Å². The molecule has 0 saturated carbocycles. The van der Waals surface area contributed by atoms with Crippen LogP contribution in [0.4, 0.5) is 0 Å². The number of nitrogens with one attached hydrogen (secondary N) is 1. The maximum Gasteiger partial charge on any atom is 0.307 e. The molecule has 0 radical (unpaired) electrons. The van der Waals surface area contributed by atoms with Crippen LogP contribution in [-0.2, 0) is 22.7 Å². The van der Waals surface area contributed by atoms with Crippen LogP contribution in [0.25, 0.3) is 21.9 Å². The molecule has 0 atom stereocenters. The fraction of sp³-hybridized carbons (Fsp3) is 0.167. The Labute approximate surface area is 147 Å². The van der Waals surface area contributed by atoms with Crippen LogP contribution in [0, 0.1) is 0 Å². The number of ether oxygens (including phenoxy) is 1. The number of carbonyl (C=O) groups excluding carboxylic acids is 1. The number of aryl methyl sites for hydroxylation is 1. The van der Waals surface area contributed by atoms with Gasteiger partial charge in [0.25, 0.3) is 5.56 Å². The number of fused-ring (bicyclic) bond motifs is 2. The van der Waals surface area contributed by atoms with Crippen LogP contribution in [0.2, 0.25) is 0 Å². The van der Waals surface area contributed by atoms with Gasteiger partial charge in [0.2, 0.25) is 0 Å². The Hall–Kier alpha value is -3.55. The van der Waals surface area contributed by atoms with Crippen molar-refractivity contribution in [2.75, 3.05) is 0 Å². The number of aromatic nitrogens is 5. The summed E-state index contributed by atoms with van der Waals surface area (Å²) in [5, 5.41) is 11.0. The van der Waals surface area contributed by atoms with Gasteiger partial charge in [-0.05, 0) is 29.8 Å². The molecule has 0 aliphatic carbocycles. The number of rotatable bonds is 5. The number of para-hydroxylation sites is 1. The van der Waals surface area contributed by atoms with Crippen molar-refractivity contribution in [3.8, 4) is 0 Å². The maximum atomic E-state index is 12.4. The molecule has 0 aliphatic heterocycles. The van der Waals surface area contributed by atoms with Gasteiger partial charge in [0, 0.05) is 6.54 Å². The van der Waals surface area contributed by atoms with Crippen molar-refractivity contribution in [1.29, 1.82) is 0 Å². The molecule has 0 amide bonds. The molecular weight excluding hydrogens is 334 g/mol. The van der Waals surface area contributed by atoms with Crippen molar-refractivity contribution in [1.82, 2.24) is 25.0 Å². The van der Waals surface area contributed by atoms with Gasteiger partial charge in [-0.2, -0.15) is 15.4 Å². The molecule has 8 nitrogen and oxygen atoms in total. The highest BCUT2D eigenvalue weighted by Gasteiger charge is 2.08. The number of esters is 1. The van der Waals surface area contributed by atoms with E-state index in [0.29, 0.717) is 16.4 Å². The van der Waals surface area contributed by atoms with Crippen LogP contribution < -0.4 is 5.56 Å². The maximum absolute atomic E-state index is 12.4. The monoisotopic (exact) mass is 349 g/mol. The summed E-state index contributed by atoms with van der Waals surface area (Å²) in [4.78, 5) is 28.6. The zero-order valence-corrected chi connectivity index (χ0v) is 13.8. The predicted molar refractivity (Wildman–Crippen MR) is 94.3 cm³/mol. The van der Waals surface area contributed by atoms with Gasteiger partial charge in [-0.3, -0.25) is 14.2 Å². The summed E-state index contributed by atoms with van der Waals surface area (Å²) >= 11 is 0. The normalized spacial score (nSPS) is 11.1. The molecular formula is C18H15N5O3. The summed E-state index contributed by atoms with van der Waals surface area (Å²) in [7, 11) is 0. The average Bonchev–Trinajstić information content (AvgIpc) is 3.14. The standard InChI is InChI=1S/C18H15N5O3/c24-17(26-10-12-5-6-15-16(9-12)21-22-20-15)7-8-23-11-19-14-4-2-1-3-13(14)18(23)25/h1-6,9,11H,7-8,10H2,(H,20,21,22). The van der Waals surface area contributed by atoms with E-state index < -0.39 is 0 Å². The Balaban J connectivity index is 1.38. The molecule has 2 heterocycles. The van der Waals surface area contributed by atoms with Crippen LogP contribution >= 0.6 is 0 Å². The SMILES string of the molecule is O=C(CCn1cnc2ccccc2c1=O)OCc1ccc2n[nH]nc2c1. The molecule has 130 valence electrons. The molecule has 1 N–H and O–H groups in total. The number of hydrogen-bond acceptors (Lipinski definition) is 6. The molecule has 26 heavy (non-hydrogen) atoms. The van der Waals surface area contributed by atoms with Gasteiger partial charge in [-0.1, -0.05) is 18.2 Å². The Morgan fingerprint density at radius 2 is 1.92 bits per heavy atom. The van der Waals surface area contributed by atoms with E-state index in [1.807, 2.05) is 24.3 Å². The molecule has 2 aromatic carbocycles. The summed E-state index contributed by atoms with van der Waals surface area (Å²) in [5.74, 6) is -0.384. The number of H-pyrrole nitrogens is 1. The highest BCUT2D eigenvalue weighted by molar-refractivity contribution is 5.77. The third kappa shape index (κ3) is 3.16. The van der Waals surface area contributed by atoms with E-state index >= 15 is 0 Å². The first-order chi connectivity index (χ1) is 12.7. The lowest BCUT2D eigenvalue weighted by Gasteiger charge is -2.07. The lowest BCUT2D eigenvalue weighted by atomic mass is 10.2. The van der Waals surface area contributed by atoms with Crippen molar-refractivity contribution < 1.29 is 9.53 Å². The van der Waals surface area contributed by atoms with E-state index in [2.05, 4.69) is 20.4 Å². The molecule has 4 aromatic rings. The van der Waals surface area contributed by atoms with Crippen LogP contribution in [0.5, 0.6) is 0 Å². The highest BCUT2D eigenvalue weighted by Crippen LogP contribution is 2.12. The number of aromatic amines is 1. The Morgan fingerprint density at radius 1 is 1.08 bits per heavy atom. The van der Waals surface area contributed by atoms with Crippen molar-refractivity contribution in [2.45, 2.75) is 19.6 Å². The van der Waals surface area contributed by atoms with Crippen molar-refractivity contribution in [2.24, 2.45) is 0 Å². The van der Waals surface area contributed by atoms with E-state index in [9.17, 15) is 9.59 Å². The number of benzene rings is 2. The lowest BCUT2D eigenvalue weighted by Crippen LogP contribution is -2.22. The Morgan fingerprint density at radius 3 is 2.85 bits per heavy atom. The van der Waals surface area contributed by atoms with E-state index in [1.165, 1.54) is 10.9 Å². The topological polar surface area (TPSA) is 103 Å². The van der Waals surface area contributed by atoms with Gasteiger partial charge in [0.15, 0.2) is 0 Å². The average molecular weight is 349 g/mol. The molecule has 0 bridgehead atoms. The Kier molecular flexibility index (Phi) is 4.14. The molecule has 0 fully saturated rings. The fourth-order valence-electron chi connectivity index (χ4n) is 2.69. The van der Waals surface area contributed by atoms with E-state index in [1.54, 1.807) is 18.2 Å². The predicted octanol–water partition coefficient (Wildman–Crippen LogP) is 1.80. The van der Waals surface area contributed by atoms with Gasteiger partial charge >= 0.3 is 5.97 Å². The van der Waals surface area contributed by atoms with Crippen molar-refractivity contribution in [3.05, 3.63) is 64.7 Å². The summed E-state index contributed by atoms with van der Waals surface area (Å²) in [5.41, 5.74) is 2.76. The quantitative estimate of drug-likeness (QED) is 0.551. The van der Waals surface area contributed by atoms with Gasteiger partial charge in [-0.15, -0.1) is 0 Å². The summed E-state index contributed by atoms with van der Waals surface area (Å²) in [6, 6.07) is 12.6. The zero-order chi connectivity index (χ0) is 17.9. The minimum absolute atomic E-state index is 0.0894. The van der Waals surface area contributed by atoms with Gasteiger partial charge in [0.1, 0.15) is 17.6 Å². The van der Waals surface area contributed by atoms with Crippen molar-refractivity contribution >= 4 is 27.9 Å². The third-order valence-electron chi connectivity index (χ3n) is 4.07. The smallest absolute Gasteiger partial charge is 0.307 e. The first-order valence-corrected chi connectivity index (χ1v) is 8.10. The number of nitrogens with zero attached hydrogens (tertiary/aromatic N) is 4. The van der Waals surface area contributed by atoms with Gasteiger partial charge < -0.3 is 4.74 Å². The third-order valence-corrected chi connectivity index (χ3v) is 4.07. The molecule has 0 aliphatic rings. The number of hydrogen-bond donors (Lipinski definition) is 1. The Bertz CT molecular complexity index is 1150. The first-order valence-electron chi connectivity index (χ1n) is 8.10. The van der Waals surface area contributed by atoms with Crippen LogP contribution in [-0.4, -0.2) is 30.9 Å². The summed E-state index contributed by atoms with van der Waals surface area (Å²) in [6.45, 7) is 0.365. The van der Waals surface area contributed by atoms with Gasteiger partial charge in [0.05, 0.1) is 23.7 Å². The van der Waals surface area contributed by atoms with Crippen LogP contribution in [0.1, 0.15) is 12.0 Å². The highest BCUT2D eigenvalue weighted by atomic mass is 16.5. The fourth-order valence-corrected chi connectivity index (χ4v) is 2.69. The van der Waals surface area contributed by atoms with E-state index in [4.69, 9.17) is 4.74 Å². The first kappa shape index (κ1) is 15.9. The minimum Gasteiger partial charge on any atom is -0.461 e.